The molecule has 2 rings (SSSR count). The van der Waals surface area contributed by atoms with Crippen molar-refractivity contribution >= 4 is 22.9 Å². The fraction of sp³-hybridized carbons (Fsp3) is 0.667. The number of likely N-dealkylation sites (tertiary alicyclic amines) is 1. The molecule has 2 nitrogen and oxygen atoms in total. The first-order valence-electron chi connectivity index (χ1n) is 4.55. The Balaban J connectivity index is 2.02. The molecular formula is C9H13ClN2S. The van der Waals surface area contributed by atoms with Crippen molar-refractivity contribution in [2.24, 2.45) is 0 Å². The minimum absolute atomic E-state index is 0.675. The lowest BCUT2D eigenvalue weighted by atomic mass is 9.96. The van der Waals surface area contributed by atoms with Gasteiger partial charge in [-0.05, 0) is 38.9 Å². The first kappa shape index (κ1) is 9.44. The van der Waals surface area contributed by atoms with E-state index in [4.69, 9.17) is 11.6 Å². The molecule has 1 fully saturated rings. The van der Waals surface area contributed by atoms with Crippen LogP contribution < -0.4 is 0 Å². The van der Waals surface area contributed by atoms with E-state index in [0.29, 0.717) is 10.4 Å². The third-order valence-corrected chi connectivity index (χ3v) is 3.89. The van der Waals surface area contributed by atoms with Crippen molar-refractivity contribution in [3.8, 4) is 0 Å². The summed E-state index contributed by atoms with van der Waals surface area (Å²) in [4.78, 5) is 7.81. The van der Waals surface area contributed by atoms with Crippen LogP contribution in [0.5, 0.6) is 0 Å². The molecule has 0 aliphatic carbocycles. The van der Waals surface area contributed by atoms with Crippen molar-refractivity contribution in [2.45, 2.75) is 18.8 Å². The zero-order valence-electron chi connectivity index (χ0n) is 7.66. The Kier molecular flexibility index (Phi) is 2.86. The van der Waals surface area contributed by atoms with Gasteiger partial charge in [-0.25, -0.2) is 4.98 Å². The van der Waals surface area contributed by atoms with Crippen LogP contribution in [0.4, 0.5) is 0 Å². The Morgan fingerprint density at radius 3 is 2.77 bits per heavy atom. The smallest absolute Gasteiger partial charge is 0.183 e. The van der Waals surface area contributed by atoms with E-state index in [9.17, 15) is 0 Å². The summed E-state index contributed by atoms with van der Waals surface area (Å²) in [6.45, 7) is 2.39. The fourth-order valence-electron chi connectivity index (χ4n) is 1.75. The first-order valence-corrected chi connectivity index (χ1v) is 5.75. The topological polar surface area (TPSA) is 16.1 Å². The van der Waals surface area contributed by atoms with E-state index >= 15 is 0 Å². The van der Waals surface area contributed by atoms with E-state index < -0.39 is 0 Å². The van der Waals surface area contributed by atoms with Gasteiger partial charge < -0.3 is 4.90 Å². The number of rotatable bonds is 1. The van der Waals surface area contributed by atoms with Crippen molar-refractivity contribution in [3.63, 3.8) is 0 Å². The predicted molar refractivity (Wildman–Crippen MR) is 56.6 cm³/mol. The van der Waals surface area contributed by atoms with E-state index in [-0.39, 0.29) is 0 Å². The number of nitrogens with zero attached hydrogens (tertiary/aromatic N) is 2. The highest BCUT2D eigenvalue weighted by molar-refractivity contribution is 7.15. The molecule has 13 heavy (non-hydrogen) atoms. The fourth-order valence-corrected chi connectivity index (χ4v) is 2.87. The molecule has 4 heteroatoms. The summed E-state index contributed by atoms with van der Waals surface area (Å²) in [7, 11) is 2.18. The molecule has 0 amide bonds. The van der Waals surface area contributed by atoms with E-state index in [1.54, 1.807) is 11.3 Å². The van der Waals surface area contributed by atoms with E-state index in [0.717, 1.165) is 0 Å². The zero-order chi connectivity index (χ0) is 9.26. The molecule has 1 aliphatic rings. The van der Waals surface area contributed by atoms with Crippen LogP contribution in [0, 0.1) is 0 Å². The van der Waals surface area contributed by atoms with Crippen LogP contribution in [0.25, 0.3) is 0 Å². The van der Waals surface area contributed by atoms with Crippen LogP contribution in [0.2, 0.25) is 4.47 Å². The molecule has 1 aromatic heterocycles. The van der Waals surface area contributed by atoms with Crippen molar-refractivity contribution in [1.29, 1.82) is 0 Å². The van der Waals surface area contributed by atoms with Crippen molar-refractivity contribution < 1.29 is 0 Å². The van der Waals surface area contributed by atoms with Gasteiger partial charge in [0.2, 0.25) is 0 Å². The summed E-state index contributed by atoms with van der Waals surface area (Å²) in [5, 5.41) is 0. The molecule has 0 aromatic carbocycles. The summed E-state index contributed by atoms with van der Waals surface area (Å²) in [5.41, 5.74) is 0. The van der Waals surface area contributed by atoms with Crippen molar-refractivity contribution in [1.82, 2.24) is 9.88 Å². The molecule has 0 bridgehead atoms. The lowest BCUT2D eigenvalue weighted by molar-refractivity contribution is 0.257. The average molecular weight is 217 g/mol. The maximum absolute atomic E-state index is 5.81. The first-order chi connectivity index (χ1) is 6.25. The largest absolute Gasteiger partial charge is 0.306 e. The Morgan fingerprint density at radius 2 is 2.23 bits per heavy atom. The van der Waals surface area contributed by atoms with Gasteiger partial charge >= 0.3 is 0 Å². The summed E-state index contributed by atoms with van der Waals surface area (Å²) in [6.07, 6.45) is 4.42. The summed E-state index contributed by atoms with van der Waals surface area (Å²) in [5.74, 6) is 0.696. The zero-order valence-corrected chi connectivity index (χ0v) is 9.24. The van der Waals surface area contributed by atoms with Gasteiger partial charge in [0.25, 0.3) is 0 Å². The van der Waals surface area contributed by atoms with Gasteiger partial charge in [-0.3, -0.25) is 0 Å². The summed E-state index contributed by atoms with van der Waals surface area (Å²) >= 11 is 7.44. The van der Waals surface area contributed by atoms with Crippen LogP contribution in [0.15, 0.2) is 6.20 Å². The Bertz CT molecular complexity index is 279. The second kappa shape index (κ2) is 3.95. The molecule has 0 unspecified atom stereocenters. The lowest BCUT2D eigenvalue weighted by Crippen LogP contribution is -2.28. The van der Waals surface area contributed by atoms with E-state index in [1.807, 2.05) is 6.20 Å². The summed E-state index contributed by atoms with van der Waals surface area (Å²) < 4.78 is 0.675. The second-order valence-electron chi connectivity index (χ2n) is 3.59. The molecule has 0 N–H and O–H groups in total. The Labute approximate surface area is 87.5 Å². The van der Waals surface area contributed by atoms with Gasteiger partial charge in [0.05, 0.1) is 0 Å². The normalized spacial score (nSPS) is 20.8. The van der Waals surface area contributed by atoms with Crippen LogP contribution in [0.3, 0.4) is 0 Å². The molecule has 1 saturated heterocycles. The Hall–Kier alpha value is -0.120. The van der Waals surface area contributed by atoms with Gasteiger partial charge in [0, 0.05) is 11.1 Å². The van der Waals surface area contributed by atoms with Crippen molar-refractivity contribution in [2.75, 3.05) is 20.1 Å². The van der Waals surface area contributed by atoms with Crippen LogP contribution in [-0.4, -0.2) is 30.0 Å². The summed E-state index contributed by atoms with van der Waals surface area (Å²) in [6, 6.07) is 0. The molecule has 0 spiro atoms. The number of hydrogen-bond acceptors (Lipinski definition) is 3. The molecule has 0 atom stereocenters. The third kappa shape index (κ3) is 2.22. The second-order valence-corrected chi connectivity index (χ2v) is 5.24. The lowest BCUT2D eigenvalue weighted by Gasteiger charge is -2.27. The monoisotopic (exact) mass is 216 g/mol. The highest BCUT2D eigenvalue weighted by atomic mass is 35.5. The Morgan fingerprint density at radius 1 is 1.54 bits per heavy atom. The van der Waals surface area contributed by atoms with Gasteiger partial charge in [-0.2, -0.15) is 0 Å². The van der Waals surface area contributed by atoms with Crippen molar-refractivity contribution in [3.05, 3.63) is 15.5 Å². The molecule has 1 aromatic rings. The number of hydrogen-bond donors (Lipinski definition) is 0. The average Bonchev–Trinajstić information content (AvgIpc) is 2.53. The van der Waals surface area contributed by atoms with Crippen LogP contribution in [0.1, 0.15) is 23.6 Å². The molecule has 0 radical (unpaired) electrons. The maximum atomic E-state index is 5.81. The highest BCUT2D eigenvalue weighted by Gasteiger charge is 2.19. The quantitative estimate of drug-likeness (QED) is 0.718. The van der Waals surface area contributed by atoms with E-state index in [1.165, 1.54) is 30.8 Å². The molecule has 1 aliphatic heterocycles. The number of thiazole rings is 1. The minimum atomic E-state index is 0.675. The van der Waals surface area contributed by atoms with Crippen LogP contribution >= 0.6 is 22.9 Å². The molecule has 0 saturated carbocycles. The molecule has 2 heterocycles. The molecule has 72 valence electrons. The van der Waals surface area contributed by atoms with Gasteiger partial charge in [-0.1, -0.05) is 11.6 Å². The van der Waals surface area contributed by atoms with Gasteiger partial charge in [0.1, 0.15) is 0 Å². The number of piperidine rings is 1. The maximum Gasteiger partial charge on any atom is 0.183 e. The highest BCUT2D eigenvalue weighted by Crippen LogP contribution is 2.32. The standard InChI is InChI=1S/C9H13ClN2S/c1-12-4-2-7(3-5-12)8-6-11-9(10)13-8/h6-7H,2-5H2,1H3. The minimum Gasteiger partial charge on any atom is -0.306 e. The predicted octanol–water partition coefficient (Wildman–Crippen LogP) is 2.61. The number of aromatic nitrogens is 1. The third-order valence-electron chi connectivity index (χ3n) is 2.62. The SMILES string of the molecule is CN1CCC(c2cnc(Cl)s2)CC1. The number of halogens is 1. The van der Waals surface area contributed by atoms with Gasteiger partial charge in [0.15, 0.2) is 4.47 Å². The van der Waals surface area contributed by atoms with Crippen LogP contribution in [-0.2, 0) is 0 Å². The molecular weight excluding hydrogens is 204 g/mol. The van der Waals surface area contributed by atoms with Gasteiger partial charge in [-0.15, -0.1) is 11.3 Å². The van der Waals surface area contributed by atoms with E-state index in [2.05, 4.69) is 16.9 Å².